The predicted octanol–water partition coefficient (Wildman–Crippen LogP) is -0.659. The van der Waals surface area contributed by atoms with Crippen molar-refractivity contribution in [2.75, 3.05) is 6.54 Å². The van der Waals surface area contributed by atoms with E-state index in [0.717, 1.165) is 18.2 Å². The number of rotatable bonds is 1. The fourth-order valence-corrected chi connectivity index (χ4v) is 2.45. The van der Waals surface area contributed by atoms with Crippen LogP contribution in [0.25, 0.3) is 0 Å². The molecule has 2 aliphatic rings. The fourth-order valence-electron chi connectivity index (χ4n) is 2.45. The van der Waals surface area contributed by atoms with Crippen LogP contribution in [-0.2, 0) is 7.05 Å². The van der Waals surface area contributed by atoms with Gasteiger partial charge >= 0.3 is 0 Å². The lowest BCUT2D eigenvalue weighted by molar-refractivity contribution is 0.507. The maximum absolute atomic E-state index is 5.94. The first kappa shape index (κ1) is 8.38. The molecule has 3 rings (SSSR count). The Morgan fingerprint density at radius 1 is 1.57 bits per heavy atom. The van der Waals surface area contributed by atoms with Gasteiger partial charge in [0.2, 0.25) is 0 Å². The Labute approximate surface area is 82.7 Å². The normalized spacial score (nSPS) is 39.9. The zero-order valence-corrected chi connectivity index (χ0v) is 8.44. The number of nitrogens with zero attached hydrogens (tertiary/aromatic N) is 3. The number of piperidine rings is 1. The molecule has 2 heterocycles. The summed E-state index contributed by atoms with van der Waals surface area (Å²) in [6.07, 6.45) is 0. The van der Waals surface area contributed by atoms with Crippen LogP contribution in [0.15, 0.2) is 0 Å². The van der Waals surface area contributed by atoms with Crippen molar-refractivity contribution in [3.05, 3.63) is 11.6 Å². The molecule has 2 fully saturated rings. The second-order valence-corrected chi connectivity index (χ2v) is 4.35. The molecule has 0 amide bonds. The largest absolute Gasteiger partial charge is 0.327 e. The first-order valence-corrected chi connectivity index (χ1v) is 5.05. The van der Waals surface area contributed by atoms with E-state index in [1.165, 1.54) is 0 Å². The number of nitrogens with one attached hydrogen (secondary N) is 1. The van der Waals surface area contributed by atoms with Gasteiger partial charge in [-0.05, 0) is 12.8 Å². The van der Waals surface area contributed by atoms with Crippen LogP contribution in [-0.4, -0.2) is 27.4 Å². The van der Waals surface area contributed by atoms with Gasteiger partial charge in [-0.1, -0.05) is 0 Å². The van der Waals surface area contributed by atoms with Crippen molar-refractivity contribution in [1.82, 2.24) is 20.1 Å². The van der Waals surface area contributed by atoms with E-state index >= 15 is 0 Å². The zero-order chi connectivity index (χ0) is 9.87. The van der Waals surface area contributed by atoms with Gasteiger partial charge in [0.1, 0.15) is 5.82 Å². The molecule has 4 unspecified atom stereocenters. The molecule has 1 saturated carbocycles. The van der Waals surface area contributed by atoms with Gasteiger partial charge in [-0.15, -0.1) is 0 Å². The second-order valence-electron chi connectivity index (χ2n) is 4.35. The Kier molecular flexibility index (Phi) is 1.52. The molecular weight excluding hydrogens is 178 g/mol. The summed E-state index contributed by atoms with van der Waals surface area (Å²) >= 11 is 0. The third-order valence-corrected chi connectivity index (χ3v) is 3.53. The van der Waals surface area contributed by atoms with Crippen molar-refractivity contribution < 1.29 is 0 Å². The summed E-state index contributed by atoms with van der Waals surface area (Å²) in [5, 5.41) is 7.82. The van der Waals surface area contributed by atoms with E-state index in [1.54, 1.807) is 0 Å². The number of nitrogens with two attached hydrogens (primary N) is 1. The molecule has 1 aromatic rings. The van der Waals surface area contributed by atoms with E-state index < -0.39 is 0 Å². The Balaban J connectivity index is 1.89. The summed E-state index contributed by atoms with van der Waals surface area (Å²) in [5.74, 6) is 3.09. The minimum absolute atomic E-state index is 0.287. The highest BCUT2D eigenvalue weighted by Crippen LogP contribution is 2.49. The van der Waals surface area contributed by atoms with Crippen LogP contribution in [0.3, 0.4) is 0 Å². The highest BCUT2D eigenvalue weighted by Gasteiger charge is 2.57. The lowest BCUT2D eigenvalue weighted by Crippen LogP contribution is -2.26. The smallest absolute Gasteiger partial charge is 0.168 e. The van der Waals surface area contributed by atoms with Gasteiger partial charge in [-0.3, -0.25) is 4.68 Å². The van der Waals surface area contributed by atoms with E-state index in [0.29, 0.717) is 17.9 Å². The number of fused-ring (bicyclic) bond motifs is 1. The Morgan fingerprint density at radius 2 is 2.36 bits per heavy atom. The zero-order valence-electron chi connectivity index (χ0n) is 8.44. The Bertz CT molecular complexity index is 352. The molecule has 4 atom stereocenters. The molecule has 1 aromatic heterocycles. The molecular formula is C9H15N5. The fraction of sp³-hybridized carbons (Fsp3) is 0.778. The lowest BCUT2D eigenvalue weighted by Gasteiger charge is -2.09. The van der Waals surface area contributed by atoms with E-state index in [-0.39, 0.29) is 6.04 Å². The van der Waals surface area contributed by atoms with Gasteiger partial charge in [0.15, 0.2) is 5.82 Å². The number of hydrogen-bond acceptors (Lipinski definition) is 4. The monoisotopic (exact) mass is 193 g/mol. The van der Waals surface area contributed by atoms with Crippen LogP contribution < -0.4 is 11.1 Å². The van der Waals surface area contributed by atoms with Gasteiger partial charge in [0.05, 0.1) is 6.04 Å². The summed E-state index contributed by atoms with van der Waals surface area (Å²) in [6, 6.07) is 0.653. The molecule has 76 valence electrons. The highest BCUT2D eigenvalue weighted by molar-refractivity contribution is 5.17. The van der Waals surface area contributed by atoms with E-state index in [9.17, 15) is 0 Å². The average Bonchev–Trinajstić information content (AvgIpc) is 2.54. The Morgan fingerprint density at radius 3 is 2.86 bits per heavy atom. The van der Waals surface area contributed by atoms with Crippen molar-refractivity contribution in [1.29, 1.82) is 0 Å². The second kappa shape index (κ2) is 2.55. The Hall–Kier alpha value is -0.940. The average molecular weight is 193 g/mol. The predicted molar refractivity (Wildman–Crippen MR) is 51.4 cm³/mol. The van der Waals surface area contributed by atoms with E-state index in [2.05, 4.69) is 15.4 Å². The third kappa shape index (κ3) is 0.965. The quantitative estimate of drug-likeness (QED) is 0.621. The molecule has 0 spiro atoms. The first-order chi connectivity index (χ1) is 6.68. The van der Waals surface area contributed by atoms with Crippen LogP contribution in [0.2, 0.25) is 0 Å². The van der Waals surface area contributed by atoms with Gasteiger partial charge in [0.25, 0.3) is 0 Å². The SMILES string of the molecule is Cc1nc(C2NCC3C(N)C23)nn1C. The topological polar surface area (TPSA) is 68.8 Å². The number of aryl methyl sites for hydroxylation is 2. The van der Waals surface area contributed by atoms with Crippen molar-refractivity contribution in [3.8, 4) is 0 Å². The van der Waals surface area contributed by atoms with Crippen LogP contribution in [0.5, 0.6) is 0 Å². The van der Waals surface area contributed by atoms with Crippen LogP contribution in [0.4, 0.5) is 0 Å². The van der Waals surface area contributed by atoms with E-state index in [4.69, 9.17) is 5.73 Å². The maximum atomic E-state index is 5.94. The van der Waals surface area contributed by atoms with Crippen molar-refractivity contribution in [2.45, 2.75) is 19.0 Å². The highest BCUT2D eigenvalue weighted by atomic mass is 15.3. The van der Waals surface area contributed by atoms with Gasteiger partial charge in [-0.2, -0.15) is 5.10 Å². The van der Waals surface area contributed by atoms with Crippen LogP contribution in [0.1, 0.15) is 17.7 Å². The van der Waals surface area contributed by atoms with Crippen LogP contribution in [0, 0.1) is 18.8 Å². The summed E-state index contributed by atoms with van der Waals surface area (Å²) in [7, 11) is 1.92. The minimum Gasteiger partial charge on any atom is -0.327 e. The molecule has 3 N–H and O–H groups in total. The molecule has 0 aromatic carbocycles. The van der Waals surface area contributed by atoms with Crippen molar-refractivity contribution >= 4 is 0 Å². The summed E-state index contributed by atoms with van der Waals surface area (Å²) < 4.78 is 1.82. The minimum atomic E-state index is 0.287. The third-order valence-electron chi connectivity index (χ3n) is 3.53. The summed E-state index contributed by atoms with van der Waals surface area (Å²) in [6.45, 7) is 2.99. The molecule has 0 radical (unpaired) electrons. The van der Waals surface area contributed by atoms with E-state index in [1.807, 2.05) is 18.7 Å². The molecule has 5 nitrogen and oxygen atoms in total. The van der Waals surface area contributed by atoms with Crippen molar-refractivity contribution in [3.63, 3.8) is 0 Å². The first-order valence-electron chi connectivity index (χ1n) is 5.05. The molecule has 1 saturated heterocycles. The maximum Gasteiger partial charge on any atom is 0.168 e. The van der Waals surface area contributed by atoms with Crippen LogP contribution >= 0.6 is 0 Å². The molecule has 5 heteroatoms. The number of aromatic nitrogens is 3. The molecule has 14 heavy (non-hydrogen) atoms. The molecule has 0 bridgehead atoms. The van der Waals surface area contributed by atoms with Gasteiger partial charge < -0.3 is 11.1 Å². The number of hydrogen-bond donors (Lipinski definition) is 2. The molecule has 1 aliphatic heterocycles. The van der Waals surface area contributed by atoms with Gasteiger partial charge in [-0.25, -0.2) is 4.98 Å². The summed E-state index contributed by atoms with van der Waals surface area (Å²) in [4.78, 5) is 4.44. The standard InChI is InChI=1S/C9H15N5/c1-4-12-9(13-14(4)2)8-6-5(3-11-8)7(6)10/h5-8,11H,3,10H2,1-2H3. The molecule has 1 aliphatic carbocycles. The lowest BCUT2D eigenvalue weighted by atomic mass is 10.2. The van der Waals surface area contributed by atoms with Crippen molar-refractivity contribution in [2.24, 2.45) is 24.6 Å². The van der Waals surface area contributed by atoms with Gasteiger partial charge in [0, 0.05) is 25.6 Å². The summed E-state index contributed by atoms with van der Waals surface area (Å²) in [5.41, 5.74) is 5.94.